The molecule has 6 heteroatoms. The number of nitriles is 2. The second-order valence-electron chi connectivity index (χ2n) is 5.47. The van der Waals surface area contributed by atoms with Crippen LogP contribution in [-0.2, 0) is 10.6 Å². The van der Waals surface area contributed by atoms with Gasteiger partial charge in [-0.05, 0) is 35.4 Å². The molecule has 3 aromatic rings. The molecule has 4 nitrogen and oxygen atoms in total. The van der Waals surface area contributed by atoms with Crippen LogP contribution in [0.15, 0.2) is 73.3 Å². The zero-order chi connectivity index (χ0) is 19.9. The van der Waals surface area contributed by atoms with Gasteiger partial charge in [-0.3, -0.25) is 9.97 Å². The second kappa shape index (κ2) is 13.4. The molecule has 138 valence electrons. The molecule has 0 spiro atoms. The summed E-state index contributed by atoms with van der Waals surface area (Å²) in [5.41, 5.74) is 4.74. The van der Waals surface area contributed by atoms with Gasteiger partial charge in [0.05, 0.1) is 0 Å². The van der Waals surface area contributed by atoms with Crippen molar-refractivity contribution in [2.24, 2.45) is 0 Å². The summed E-state index contributed by atoms with van der Waals surface area (Å²) in [5, 5.41) is 18.6. The van der Waals surface area contributed by atoms with Gasteiger partial charge in [0.2, 0.25) is 0 Å². The van der Waals surface area contributed by atoms with Gasteiger partial charge in [-0.2, -0.15) is 0 Å². The van der Waals surface area contributed by atoms with E-state index in [9.17, 15) is 0 Å². The van der Waals surface area contributed by atoms with E-state index >= 15 is 0 Å². The van der Waals surface area contributed by atoms with E-state index in [0.717, 1.165) is 21.8 Å². The van der Waals surface area contributed by atoms with Crippen molar-refractivity contribution >= 4 is 42.1 Å². The molecule has 0 unspecified atom stereocenters. The molecule has 0 radical (unpaired) electrons. The van der Waals surface area contributed by atoms with Crippen LogP contribution in [0.25, 0.3) is 12.2 Å². The van der Waals surface area contributed by atoms with Gasteiger partial charge in [-0.15, -0.1) is 0 Å². The zero-order valence-corrected chi connectivity index (χ0v) is 18.5. The van der Waals surface area contributed by atoms with Crippen molar-refractivity contribution in [1.29, 1.82) is 10.5 Å². The van der Waals surface area contributed by atoms with Crippen LogP contribution in [0.3, 0.4) is 0 Å². The molecule has 28 heavy (non-hydrogen) atoms. The standard InChI is InChI=1S/C12H10N2.C10H8N2Se2/c1(11-3-7-13-8-4-11)2-12-5-9-14-10-6-12;11-7-13-5-9-1-2-10(4-3-9)6-14-8-12/h1-10H;1-4H,5-6H2/b2-1+;. The van der Waals surface area contributed by atoms with E-state index in [-0.39, 0.29) is 29.9 Å². The first kappa shape index (κ1) is 21.6. The van der Waals surface area contributed by atoms with Crippen LogP contribution in [0.4, 0.5) is 0 Å². The normalized spacial score (nSPS) is 9.79. The Hall–Kier alpha value is -2.72. The SMILES string of the molecule is C(=C\c1ccncc1)/c1ccncc1.N#C[Se]Cc1ccc(C[Se]C#N)cc1. The quantitative estimate of drug-likeness (QED) is 0.488. The molecule has 2 aromatic heterocycles. The van der Waals surface area contributed by atoms with E-state index < -0.39 is 0 Å². The summed E-state index contributed by atoms with van der Waals surface area (Å²) in [6, 6.07) is 16.1. The summed E-state index contributed by atoms with van der Waals surface area (Å²) in [6.07, 6.45) is 11.2. The average Bonchev–Trinajstić information content (AvgIpc) is 2.77. The van der Waals surface area contributed by atoms with Crippen molar-refractivity contribution in [3.8, 4) is 9.94 Å². The molecule has 0 saturated heterocycles. The molecule has 1 aromatic carbocycles. The van der Waals surface area contributed by atoms with Crippen molar-refractivity contribution in [3.05, 3.63) is 95.6 Å². The van der Waals surface area contributed by atoms with Gasteiger partial charge in [0.15, 0.2) is 0 Å². The number of rotatable bonds is 6. The Kier molecular flexibility index (Phi) is 10.4. The van der Waals surface area contributed by atoms with Gasteiger partial charge in [-0.1, -0.05) is 12.2 Å². The molecule has 0 saturated carbocycles. The third-order valence-electron chi connectivity index (χ3n) is 3.51. The van der Waals surface area contributed by atoms with E-state index in [1.807, 2.05) is 24.3 Å². The van der Waals surface area contributed by atoms with Crippen molar-refractivity contribution < 1.29 is 0 Å². The summed E-state index contributed by atoms with van der Waals surface area (Å²) >= 11 is 0.135. The Morgan fingerprint density at radius 2 is 1.00 bits per heavy atom. The van der Waals surface area contributed by atoms with Crippen molar-refractivity contribution in [3.63, 3.8) is 0 Å². The van der Waals surface area contributed by atoms with E-state index in [2.05, 4.69) is 56.3 Å². The van der Waals surface area contributed by atoms with Crippen molar-refractivity contribution in [1.82, 2.24) is 9.97 Å². The van der Waals surface area contributed by atoms with E-state index in [4.69, 9.17) is 10.5 Å². The van der Waals surface area contributed by atoms with Gasteiger partial charge in [0, 0.05) is 24.8 Å². The topological polar surface area (TPSA) is 73.4 Å². The first-order valence-electron chi connectivity index (χ1n) is 8.39. The van der Waals surface area contributed by atoms with Crippen molar-refractivity contribution in [2.45, 2.75) is 10.6 Å². The van der Waals surface area contributed by atoms with Crippen LogP contribution in [-0.4, -0.2) is 39.9 Å². The van der Waals surface area contributed by atoms with Gasteiger partial charge in [-0.25, -0.2) is 0 Å². The van der Waals surface area contributed by atoms with Crippen LogP contribution in [0.1, 0.15) is 22.3 Å². The van der Waals surface area contributed by atoms with Gasteiger partial charge in [0.1, 0.15) is 0 Å². The maximum absolute atomic E-state index is 8.44. The Morgan fingerprint density at radius 3 is 1.32 bits per heavy atom. The first-order chi connectivity index (χ1) is 13.8. The number of pyridine rings is 2. The van der Waals surface area contributed by atoms with Gasteiger partial charge < -0.3 is 0 Å². The second-order valence-corrected chi connectivity index (χ2v) is 8.66. The van der Waals surface area contributed by atoms with Crippen LogP contribution < -0.4 is 0 Å². The summed E-state index contributed by atoms with van der Waals surface area (Å²) < 4.78 is 0. The molecule has 0 aliphatic heterocycles. The van der Waals surface area contributed by atoms with Gasteiger partial charge >= 0.3 is 96.4 Å². The number of hydrogen-bond donors (Lipinski definition) is 0. The fraction of sp³-hybridized carbons (Fsp3) is 0.0909. The van der Waals surface area contributed by atoms with Crippen LogP contribution in [0, 0.1) is 20.5 Å². The zero-order valence-electron chi connectivity index (χ0n) is 15.1. The molecule has 0 bridgehead atoms. The molecule has 0 aliphatic carbocycles. The summed E-state index contributed by atoms with van der Waals surface area (Å²) in [6.45, 7) is 0. The minimum absolute atomic E-state index is 0.0676. The number of nitrogens with zero attached hydrogens (tertiary/aromatic N) is 4. The molecule has 2 heterocycles. The fourth-order valence-electron chi connectivity index (χ4n) is 2.10. The molecular formula is C22H18N4Se2. The first-order valence-corrected chi connectivity index (χ1v) is 12.5. The Morgan fingerprint density at radius 1 is 0.643 bits per heavy atom. The van der Waals surface area contributed by atoms with E-state index in [1.165, 1.54) is 11.1 Å². The summed E-state index contributed by atoms with van der Waals surface area (Å²) in [5.74, 6) is 0. The molecule has 0 amide bonds. The third kappa shape index (κ3) is 8.78. The van der Waals surface area contributed by atoms with E-state index in [1.54, 1.807) is 24.8 Å². The average molecular weight is 496 g/mol. The fourth-order valence-corrected chi connectivity index (χ4v) is 3.88. The number of aromatic nitrogens is 2. The molecule has 0 atom stereocenters. The summed E-state index contributed by atoms with van der Waals surface area (Å²) in [4.78, 5) is 12.3. The monoisotopic (exact) mass is 498 g/mol. The van der Waals surface area contributed by atoms with Crippen LogP contribution in [0.5, 0.6) is 0 Å². The number of benzene rings is 1. The summed E-state index contributed by atoms with van der Waals surface area (Å²) in [7, 11) is 0. The third-order valence-corrected chi connectivity index (χ3v) is 6.06. The molecule has 0 fully saturated rings. The van der Waals surface area contributed by atoms with Crippen LogP contribution >= 0.6 is 0 Å². The minimum atomic E-state index is 0.0676. The number of hydrogen-bond acceptors (Lipinski definition) is 4. The van der Waals surface area contributed by atoms with Gasteiger partial charge in [0.25, 0.3) is 0 Å². The Bertz CT molecular complexity index is 850. The molecule has 0 N–H and O–H groups in total. The Balaban J connectivity index is 0.000000200. The van der Waals surface area contributed by atoms with Crippen LogP contribution in [0.2, 0.25) is 0 Å². The maximum atomic E-state index is 8.44. The predicted octanol–water partition coefficient (Wildman–Crippen LogP) is 3.70. The molecule has 0 aliphatic rings. The molecule has 3 rings (SSSR count). The van der Waals surface area contributed by atoms with E-state index in [0.29, 0.717) is 0 Å². The van der Waals surface area contributed by atoms with Crippen molar-refractivity contribution in [2.75, 3.05) is 0 Å². The Labute approximate surface area is 178 Å². The predicted molar refractivity (Wildman–Crippen MR) is 114 cm³/mol. The molecular weight excluding hydrogens is 478 g/mol.